The van der Waals surface area contributed by atoms with E-state index in [-0.39, 0.29) is 0 Å². The van der Waals surface area contributed by atoms with Crippen LogP contribution >= 0.6 is 0 Å². The second kappa shape index (κ2) is 8.23. The lowest BCUT2D eigenvalue weighted by atomic mass is 10.2. The van der Waals surface area contributed by atoms with E-state index in [2.05, 4.69) is 19.1 Å². The van der Waals surface area contributed by atoms with Crippen LogP contribution in [0.15, 0.2) is 12.2 Å². The molecule has 0 radical (unpaired) electrons. The van der Waals surface area contributed by atoms with E-state index in [4.69, 9.17) is 5.26 Å². The highest BCUT2D eigenvalue weighted by Gasteiger charge is 1.80. The van der Waals surface area contributed by atoms with Crippen molar-refractivity contribution in [3.05, 3.63) is 12.2 Å². The van der Waals surface area contributed by atoms with Crippen molar-refractivity contribution in [2.75, 3.05) is 0 Å². The highest BCUT2D eigenvalue weighted by Crippen LogP contribution is 1.99. The number of allylic oxidation sites excluding steroid dienone is 2. The van der Waals surface area contributed by atoms with E-state index in [0.29, 0.717) is 6.42 Å². The maximum absolute atomic E-state index is 8.17. The van der Waals surface area contributed by atoms with Crippen LogP contribution in [0.4, 0.5) is 0 Å². The summed E-state index contributed by atoms with van der Waals surface area (Å²) in [5.41, 5.74) is 0. The molecule has 0 saturated heterocycles. The molecule has 0 aromatic carbocycles. The van der Waals surface area contributed by atoms with Crippen molar-refractivity contribution in [2.45, 2.75) is 39.0 Å². The summed E-state index contributed by atoms with van der Waals surface area (Å²) in [5.74, 6) is 0. The lowest BCUT2D eigenvalue weighted by Gasteiger charge is -1.89. The lowest BCUT2D eigenvalue weighted by Crippen LogP contribution is -1.70. The monoisotopic (exact) mass is 137 g/mol. The van der Waals surface area contributed by atoms with Gasteiger partial charge in [-0.1, -0.05) is 31.9 Å². The molecule has 0 aliphatic heterocycles. The lowest BCUT2D eigenvalue weighted by molar-refractivity contribution is 0.728. The average Bonchev–Trinajstić information content (AvgIpc) is 1.97. The Morgan fingerprint density at radius 1 is 1.30 bits per heavy atom. The Kier molecular flexibility index (Phi) is 7.60. The van der Waals surface area contributed by atoms with E-state index in [0.717, 1.165) is 6.42 Å². The van der Waals surface area contributed by atoms with Crippen LogP contribution < -0.4 is 0 Å². The molecule has 1 nitrogen and oxygen atoms in total. The molecule has 0 aromatic heterocycles. The summed E-state index contributed by atoms with van der Waals surface area (Å²) in [6.07, 6.45) is 9.57. The SMILES string of the molecule is CCCCC/C=C/CC#N. The zero-order valence-electron chi connectivity index (χ0n) is 6.64. The van der Waals surface area contributed by atoms with Crippen LogP contribution in [0.25, 0.3) is 0 Å². The molecule has 0 saturated carbocycles. The Labute approximate surface area is 63.4 Å². The summed E-state index contributed by atoms with van der Waals surface area (Å²) >= 11 is 0. The Bertz CT molecular complexity index is 119. The number of hydrogen-bond acceptors (Lipinski definition) is 1. The number of rotatable bonds is 5. The third-order valence-electron chi connectivity index (χ3n) is 1.35. The molecule has 56 valence electrons. The van der Waals surface area contributed by atoms with E-state index < -0.39 is 0 Å². The van der Waals surface area contributed by atoms with Crippen LogP contribution in [0.5, 0.6) is 0 Å². The predicted octanol–water partition coefficient (Wildman–Crippen LogP) is 3.04. The number of unbranched alkanes of at least 4 members (excludes halogenated alkanes) is 3. The number of nitriles is 1. The molecule has 1 heteroatoms. The van der Waals surface area contributed by atoms with E-state index in [1.807, 2.05) is 6.08 Å². The van der Waals surface area contributed by atoms with Gasteiger partial charge in [-0.3, -0.25) is 0 Å². The zero-order valence-corrected chi connectivity index (χ0v) is 6.64. The molecule has 0 bridgehead atoms. The fourth-order valence-corrected chi connectivity index (χ4v) is 0.766. The van der Waals surface area contributed by atoms with Crippen molar-refractivity contribution in [1.82, 2.24) is 0 Å². The van der Waals surface area contributed by atoms with Gasteiger partial charge in [0.1, 0.15) is 0 Å². The van der Waals surface area contributed by atoms with E-state index in [1.54, 1.807) is 0 Å². The predicted molar refractivity (Wildman–Crippen MR) is 43.5 cm³/mol. The molecule has 0 unspecified atom stereocenters. The second-order valence-electron chi connectivity index (χ2n) is 2.33. The van der Waals surface area contributed by atoms with Crippen molar-refractivity contribution in [3.8, 4) is 6.07 Å². The highest BCUT2D eigenvalue weighted by molar-refractivity contribution is 4.90. The molecule has 0 fully saturated rings. The molecule has 0 aliphatic rings. The van der Waals surface area contributed by atoms with Gasteiger partial charge in [0, 0.05) is 0 Å². The van der Waals surface area contributed by atoms with Crippen molar-refractivity contribution in [3.63, 3.8) is 0 Å². The molecular weight excluding hydrogens is 122 g/mol. The third-order valence-corrected chi connectivity index (χ3v) is 1.35. The summed E-state index contributed by atoms with van der Waals surface area (Å²) in [6, 6.07) is 2.07. The van der Waals surface area contributed by atoms with Gasteiger partial charge in [-0.05, 0) is 12.8 Å². The van der Waals surface area contributed by atoms with Gasteiger partial charge in [0.25, 0.3) is 0 Å². The van der Waals surface area contributed by atoms with E-state index in [1.165, 1.54) is 19.3 Å². The topological polar surface area (TPSA) is 23.8 Å². The summed E-state index contributed by atoms with van der Waals surface area (Å²) in [4.78, 5) is 0. The highest BCUT2D eigenvalue weighted by atomic mass is 14.2. The van der Waals surface area contributed by atoms with Gasteiger partial charge in [0.15, 0.2) is 0 Å². The van der Waals surface area contributed by atoms with Gasteiger partial charge >= 0.3 is 0 Å². The quantitative estimate of drug-likeness (QED) is 0.422. The maximum Gasteiger partial charge on any atom is 0.0663 e. The molecular formula is C9H15N. The Hall–Kier alpha value is -0.770. The molecule has 0 heterocycles. The second-order valence-corrected chi connectivity index (χ2v) is 2.33. The van der Waals surface area contributed by atoms with Crippen LogP contribution in [0.3, 0.4) is 0 Å². The largest absolute Gasteiger partial charge is 0.198 e. The first kappa shape index (κ1) is 9.23. The zero-order chi connectivity index (χ0) is 7.66. The molecule has 0 aliphatic carbocycles. The molecule has 0 rings (SSSR count). The number of hydrogen-bond donors (Lipinski definition) is 0. The van der Waals surface area contributed by atoms with Gasteiger partial charge in [0.05, 0.1) is 12.5 Å². The van der Waals surface area contributed by atoms with Gasteiger partial charge < -0.3 is 0 Å². The maximum atomic E-state index is 8.17. The van der Waals surface area contributed by atoms with E-state index >= 15 is 0 Å². The molecule has 10 heavy (non-hydrogen) atoms. The summed E-state index contributed by atoms with van der Waals surface area (Å²) in [7, 11) is 0. The first-order valence-corrected chi connectivity index (χ1v) is 3.93. The first-order valence-electron chi connectivity index (χ1n) is 3.93. The first-order chi connectivity index (χ1) is 4.91. The number of nitrogens with zero attached hydrogens (tertiary/aromatic N) is 1. The fourth-order valence-electron chi connectivity index (χ4n) is 0.766. The molecule has 0 atom stereocenters. The molecule has 0 amide bonds. The summed E-state index contributed by atoms with van der Waals surface area (Å²) in [6.45, 7) is 2.19. The van der Waals surface area contributed by atoms with Gasteiger partial charge in [-0.15, -0.1) is 0 Å². The van der Waals surface area contributed by atoms with Crippen LogP contribution in [0.1, 0.15) is 39.0 Å². The summed E-state index contributed by atoms with van der Waals surface area (Å²) < 4.78 is 0. The van der Waals surface area contributed by atoms with Gasteiger partial charge in [-0.25, -0.2) is 0 Å². The molecule has 0 N–H and O–H groups in total. The molecule has 0 spiro atoms. The smallest absolute Gasteiger partial charge is 0.0663 e. The normalized spacial score (nSPS) is 10.0. The van der Waals surface area contributed by atoms with Crippen molar-refractivity contribution >= 4 is 0 Å². The fraction of sp³-hybridized carbons (Fsp3) is 0.667. The van der Waals surface area contributed by atoms with Crippen LogP contribution in [0.2, 0.25) is 0 Å². The Morgan fingerprint density at radius 3 is 2.70 bits per heavy atom. The van der Waals surface area contributed by atoms with Crippen molar-refractivity contribution < 1.29 is 0 Å². The van der Waals surface area contributed by atoms with Gasteiger partial charge in [-0.2, -0.15) is 5.26 Å². The van der Waals surface area contributed by atoms with Crippen LogP contribution in [-0.2, 0) is 0 Å². The Balaban J connectivity index is 2.97. The standard InChI is InChI=1S/C9H15N/c1-2-3-4-5-6-7-8-9-10/h6-7H,2-5,8H2,1H3/b7-6+. The minimum absolute atomic E-state index is 0.562. The van der Waals surface area contributed by atoms with Crippen molar-refractivity contribution in [2.24, 2.45) is 0 Å². The Morgan fingerprint density at radius 2 is 2.10 bits per heavy atom. The third kappa shape index (κ3) is 7.23. The van der Waals surface area contributed by atoms with Crippen molar-refractivity contribution in [1.29, 1.82) is 5.26 Å². The van der Waals surface area contributed by atoms with E-state index in [9.17, 15) is 0 Å². The average molecular weight is 137 g/mol. The molecule has 0 aromatic rings. The van der Waals surface area contributed by atoms with Gasteiger partial charge in [0.2, 0.25) is 0 Å². The van der Waals surface area contributed by atoms with Crippen LogP contribution in [-0.4, -0.2) is 0 Å². The minimum atomic E-state index is 0.562. The van der Waals surface area contributed by atoms with Crippen LogP contribution in [0, 0.1) is 11.3 Å². The minimum Gasteiger partial charge on any atom is -0.198 e. The summed E-state index contributed by atoms with van der Waals surface area (Å²) in [5, 5.41) is 8.17.